The molecule has 0 aliphatic carbocycles. The van der Waals surface area contributed by atoms with Gasteiger partial charge in [-0.15, -0.1) is 0 Å². The van der Waals surface area contributed by atoms with Crippen LogP contribution in [0.15, 0.2) is 53.6 Å². The van der Waals surface area contributed by atoms with Crippen molar-refractivity contribution < 1.29 is 9.53 Å². The van der Waals surface area contributed by atoms with Gasteiger partial charge in [0.1, 0.15) is 5.75 Å². The average molecular weight is 279 g/mol. The molecule has 0 spiro atoms. The number of nitriles is 1. The van der Waals surface area contributed by atoms with E-state index in [1.54, 1.807) is 55.6 Å². The standard InChI is InChI=1S/C16H13N3O2/c1-21-15-4-2-3-14(9-15)16(20)19-18-11-13-7-5-12(10-17)6-8-13/h2-9,11H,1H3,(H,19,20). The third kappa shape index (κ3) is 3.91. The molecule has 0 aliphatic heterocycles. The second-order valence-electron chi connectivity index (χ2n) is 4.16. The molecule has 0 atom stereocenters. The van der Waals surface area contributed by atoms with E-state index in [0.717, 1.165) is 5.56 Å². The van der Waals surface area contributed by atoms with Crippen molar-refractivity contribution in [2.24, 2.45) is 5.10 Å². The first-order valence-electron chi connectivity index (χ1n) is 6.20. The second-order valence-corrected chi connectivity index (χ2v) is 4.16. The monoisotopic (exact) mass is 279 g/mol. The molecule has 0 radical (unpaired) electrons. The number of rotatable bonds is 4. The molecule has 1 amide bonds. The molecular formula is C16H13N3O2. The normalized spacial score (nSPS) is 10.1. The van der Waals surface area contributed by atoms with Crippen LogP contribution in [-0.4, -0.2) is 19.2 Å². The quantitative estimate of drug-likeness (QED) is 0.689. The molecule has 5 nitrogen and oxygen atoms in total. The summed E-state index contributed by atoms with van der Waals surface area (Å²) in [6, 6.07) is 15.7. The fraction of sp³-hybridized carbons (Fsp3) is 0.0625. The minimum absolute atomic E-state index is 0.321. The number of nitrogens with zero attached hydrogens (tertiary/aromatic N) is 2. The van der Waals surface area contributed by atoms with E-state index >= 15 is 0 Å². The highest BCUT2D eigenvalue weighted by molar-refractivity contribution is 5.95. The van der Waals surface area contributed by atoms with Crippen molar-refractivity contribution in [1.29, 1.82) is 5.26 Å². The van der Waals surface area contributed by atoms with Crippen molar-refractivity contribution in [3.8, 4) is 11.8 Å². The first-order chi connectivity index (χ1) is 10.2. The van der Waals surface area contributed by atoms with Crippen LogP contribution in [0.25, 0.3) is 0 Å². The van der Waals surface area contributed by atoms with Gasteiger partial charge in [0.25, 0.3) is 5.91 Å². The Bertz CT molecular complexity index is 700. The number of amides is 1. The molecule has 0 saturated heterocycles. The zero-order valence-electron chi connectivity index (χ0n) is 11.4. The summed E-state index contributed by atoms with van der Waals surface area (Å²) in [5, 5.41) is 12.6. The van der Waals surface area contributed by atoms with Gasteiger partial charge >= 0.3 is 0 Å². The summed E-state index contributed by atoms with van der Waals surface area (Å²) in [7, 11) is 1.54. The van der Waals surface area contributed by atoms with E-state index < -0.39 is 0 Å². The summed E-state index contributed by atoms with van der Waals surface area (Å²) in [5.74, 6) is 0.289. The first-order valence-corrected chi connectivity index (χ1v) is 6.20. The molecule has 0 heterocycles. The number of hydrogen-bond acceptors (Lipinski definition) is 4. The van der Waals surface area contributed by atoms with Gasteiger partial charge in [-0.2, -0.15) is 10.4 Å². The zero-order chi connectivity index (χ0) is 15.1. The van der Waals surface area contributed by atoms with E-state index in [1.165, 1.54) is 6.21 Å². The number of nitrogens with one attached hydrogen (secondary N) is 1. The Balaban J connectivity index is 1.99. The molecule has 0 fully saturated rings. The van der Waals surface area contributed by atoms with Crippen LogP contribution in [0.1, 0.15) is 21.5 Å². The van der Waals surface area contributed by atoms with Crippen LogP contribution in [0.4, 0.5) is 0 Å². The Morgan fingerprint density at radius 1 is 1.29 bits per heavy atom. The molecule has 104 valence electrons. The van der Waals surface area contributed by atoms with Gasteiger partial charge in [-0.05, 0) is 35.9 Å². The number of carbonyl (C=O) groups excluding carboxylic acids is 1. The van der Waals surface area contributed by atoms with E-state index in [2.05, 4.69) is 10.5 Å². The van der Waals surface area contributed by atoms with Gasteiger partial charge in [0, 0.05) is 5.56 Å². The van der Waals surface area contributed by atoms with E-state index in [4.69, 9.17) is 10.00 Å². The largest absolute Gasteiger partial charge is 0.497 e. The maximum atomic E-state index is 11.9. The number of carbonyl (C=O) groups is 1. The minimum Gasteiger partial charge on any atom is -0.497 e. The summed E-state index contributed by atoms with van der Waals surface area (Å²) in [5.41, 5.74) is 4.27. The molecule has 2 rings (SSSR count). The number of methoxy groups -OCH3 is 1. The summed E-state index contributed by atoms with van der Waals surface area (Å²) >= 11 is 0. The van der Waals surface area contributed by atoms with Crippen molar-refractivity contribution in [2.75, 3.05) is 7.11 Å². The highest BCUT2D eigenvalue weighted by Crippen LogP contribution is 2.12. The Kier molecular flexibility index (Phi) is 4.67. The topological polar surface area (TPSA) is 74.5 Å². The van der Waals surface area contributed by atoms with Crippen molar-refractivity contribution >= 4 is 12.1 Å². The van der Waals surface area contributed by atoms with Gasteiger partial charge in [-0.25, -0.2) is 5.43 Å². The third-order valence-electron chi connectivity index (χ3n) is 2.75. The van der Waals surface area contributed by atoms with Crippen molar-refractivity contribution in [2.45, 2.75) is 0 Å². The molecule has 2 aromatic rings. The summed E-state index contributed by atoms with van der Waals surface area (Å²) in [4.78, 5) is 11.9. The molecular weight excluding hydrogens is 266 g/mol. The van der Waals surface area contributed by atoms with E-state index in [-0.39, 0.29) is 5.91 Å². The fourth-order valence-corrected chi connectivity index (χ4v) is 1.64. The molecule has 0 unspecified atom stereocenters. The van der Waals surface area contributed by atoms with Gasteiger partial charge in [0.2, 0.25) is 0 Å². The number of hydrogen-bond donors (Lipinski definition) is 1. The van der Waals surface area contributed by atoms with Crippen LogP contribution in [0.2, 0.25) is 0 Å². The maximum absolute atomic E-state index is 11.9. The van der Waals surface area contributed by atoms with E-state index in [0.29, 0.717) is 16.9 Å². The van der Waals surface area contributed by atoms with Crippen LogP contribution >= 0.6 is 0 Å². The molecule has 21 heavy (non-hydrogen) atoms. The maximum Gasteiger partial charge on any atom is 0.271 e. The fourth-order valence-electron chi connectivity index (χ4n) is 1.64. The highest BCUT2D eigenvalue weighted by atomic mass is 16.5. The van der Waals surface area contributed by atoms with Gasteiger partial charge in [0.05, 0.1) is 25.0 Å². The van der Waals surface area contributed by atoms with Gasteiger partial charge in [0.15, 0.2) is 0 Å². The van der Waals surface area contributed by atoms with Crippen LogP contribution < -0.4 is 10.2 Å². The zero-order valence-corrected chi connectivity index (χ0v) is 11.4. The molecule has 0 aromatic heterocycles. The highest BCUT2D eigenvalue weighted by Gasteiger charge is 2.04. The number of benzene rings is 2. The summed E-state index contributed by atoms with van der Waals surface area (Å²) in [6.07, 6.45) is 1.51. The SMILES string of the molecule is COc1cccc(C(=O)NN=Cc2ccc(C#N)cc2)c1. The lowest BCUT2D eigenvalue weighted by molar-refractivity contribution is 0.0955. The molecule has 2 aromatic carbocycles. The summed E-state index contributed by atoms with van der Waals surface area (Å²) in [6.45, 7) is 0. The predicted molar refractivity (Wildman–Crippen MR) is 79.2 cm³/mol. The van der Waals surface area contributed by atoms with Crippen molar-refractivity contribution in [3.05, 3.63) is 65.2 Å². The molecule has 0 aliphatic rings. The molecule has 1 N–H and O–H groups in total. The number of hydrazone groups is 1. The second kappa shape index (κ2) is 6.87. The summed E-state index contributed by atoms with van der Waals surface area (Å²) < 4.78 is 5.06. The van der Waals surface area contributed by atoms with Gasteiger partial charge < -0.3 is 4.74 Å². The molecule has 0 bridgehead atoms. The first kappa shape index (κ1) is 14.3. The van der Waals surface area contributed by atoms with Crippen LogP contribution in [-0.2, 0) is 0 Å². The van der Waals surface area contributed by atoms with Crippen molar-refractivity contribution in [1.82, 2.24) is 5.43 Å². The lowest BCUT2D eigenvalue weighted by Crippen LogP contribution is -2.17. The number of ether oxygens (including phenoxy) is 1. The Labute approximate surface area is 122 Å². The van der Waals surface area contributed by atoms with Crippen LogP contribution in [0, 0.1) is 11.3 Å². The smallest absolute Gasteiger partial charge is 0.271 e. The predicted octanol–water partition coefficient (Wildman–Crippen LogP) is 2.33. The average Bonchev–Trinajstić information content (AvgIpc) is 2.55. The lowest BCUT2D eigenvalue weighted by atomic mass is 10.2. The Hall–Kier alpha value is -3.13. The molecule has 0 saturated carbocycles. The van der Waals surface area contributed by atoms with Crippen LogP contribution in [0.5, 0.6) is 5.75 Å². The van der Waals surface area contributed by atoms with E-state index in [1.807, 2.05) is 6.07 Å². The van der Waals surface area contributed by atoms with Gasteiger partial charge in [-0.3, -0.25) is 4.79 Å². The Morgan fingerprint density at radius 2 is 2.05 bits per heavy atom. The lowest BCUT2D eigenvalue weighted by Gasteiger charge is -2.02. The molecule has 5 heteroatoms. The van der Waals surface area contributed by atoms with Gasteiger partial charge in [-0.1, -0.05) is 18.2 Å². The van der Waals surface area contributed by atoms with E-state index in [9.17, 15) is 4.79 Å². The Morgan fingerprint density at radius 3 is 2.71 bits per heavy atom. The minimum atomic E-state index is -0.321. The van der Waals surface area contributed by atoms with Crippen molar-refractivity contribution in [3.63, 3.8) is 0 Å². The third-order valence-corrected chi connectivity index (χ3v) is 2.75. The van der Waals surface area contributed by atoms with Crippen LogP contribution in [0.3, 0.4) is 0 Å².